The zero-order valence-electron chi connectivity index (χ0n) is 15.4. The zero-order valence-corrected chi connectivity index (χ0v) is 17.1. The van der Waals surface area contributed by atoms with Crippen molar-refractivity contribution >= 4 is 30.7 Å². The Morgan fingerprint density at radius 2 is 1.81 bits per heavy atom. The molecule has 1 heterocycles. The lowest BCUT2D eigenvalue weighted by Crippen LogP contribution is -2.42. The molecule has 1 amide bonds. The van der Waals surface area contributed by atoms with Gasteiger partial charge in [-0.2, -0.15) is 5.10 Å². The molecule has 0 aliphatic heterocycles. The van der Waals surface area contributed by atoms with Gasteiger partial charge in [0.15, 0.2) is 0 Å². The predicted molar refractivity (Wildman–Crippen MR) is 111 cm³/mol. The van der Waals surface area contributed by atoms with Gasteiger partial charge in [0.05, 0.1) is 12.5 Å². The zero-order chi connectivity index (χ0) is 17.5. The highest BCUT2D eigenvalue weighted by Gasteiger charge is 2.26. The van der Waals surface area contributed by atoms with Crippen LogP contribution in [-0.2, 0) is 17.9 Å². The van der Waals surface area contributed by atoms with Crippen LogP contribution in [0.25, 0.3) is 0 Å². The Morgan fingerprint density at radius 1 is 1.11 bits per heavy atom. The van der Waals surface area contributed by atoms with Gasteiger partial charge in [-0.3, -0.25) is 4.79 Å². The monoisotopic (exact) mass is 413 g/mol. The maximum atomic E-state index is 12.7. The van der Waals surface area contributed by atoms with Gasteiger partial charge in [-0.25, -0.2) is 9.67 Å². The number of hydrogen-bond donors (Lipinski definition) is 2. The molecule has 1 fully saturated rings. The van der Waals surface area contributed by atoms with Gasteiger partial charge < -0.3 is 11.1 Å². The highest BCUT2D eigenvalue weighted by Crippen LogP contribution is 2.22. The van der Waals surface area contributed by atoms with E-state index in [1.807, 2.05) is 18.2 Å². The van der Waals surface area contributed by atoms with E-state index in [0.29, 0.717) is 13.1 Å². The summed E-state index contributed by atoms with van der Waals surface area (Å²) in [4.78, 5) is 16.6. The Kier molecular flexibility index (Phi) is 10.4. The standard InChI is InChI=1S/C19H27N5O.2ClH/c20-18-10-4-2-1-3-9-17(18)19(25)22-11-15-7-5-6-8-16(15)12-24-14-21-13-23-24;;/h5-8,13-14,17-18H,1-4,9-12,20H2,(H,22,25);2*1H. The second-order valence-corrected chi connectivity index (χ2v) is 6.84. The van der Waals surface area contributed by atoms with Gasteiger partial charge in [-0.1, -0.05) is 49.9 Å². The fraction of sp³-hybridized carbons (Fsp3) is 0.526. The number of nitrogens with zero attached hydrogens (tertiary/aromatic N) is 3. The molecular formula is C19H29Cl2N5O. The molecule has 0 spiro atoms. The lowest BCUT2D eigenvalue weighted by Gasteiger charge is -2.25. The number of hydrogen-bond acceptors (Lipinski definition) is 4. The van der Waals surface area contributed by atoms with Crippen LogP contribution in [0.2, 0.25) is 0 Å². The van der Waals surface area contributed by atoms with Gasteiger partial charge in [0.1, 0.15) is 12.7 Å². The van der Waals surface area contributed by atoms with Crippen molar-refractivity contribution in [2.45, 2.75) is 57.7 Å². The van der Waals surface area contributed by atoms with Crippen molar-refractivity contribution in [3.05, 3.63) is 48.0 Å². The van der Waals surface area contributed by atoms with Crippen molar-refractivity contribution < 1.29 is 4.79 Å². The van der Waals surface area contributed by atoms with E-state index in [0.717, 1.165) is 36.8 Å². The van der Waals surface area contributed by atoms with Crippen LogP contribution in [0, 0.1) is 5.92 Å². The molecule has 1 saturated carbocycles. The fourth-order valence-electron chi connectivity index (χ4n) is 3.53. The summed E-state index contributed by atoms with van der Waals surface area (Å²) in [6.45, 7) is 1.17. The van der Waals surface area contributed by atoms with Gasteiger partial charge >= 0.3 is 0 Å². The van der Waals surface area contributed by atoms with Crippen LogP contribution in [0.5, 0.6) is 0 Å². The van der Waals surface area contributed by atoms with E-state index in [-0.39, 0.29) is 42.7 Å². The smallest absolute Gasteiger partial charge is 0.224 e. The number of aromatic nitrogens is 3. The molecule has 3 N–H and O–H groups in total. The van der Waals surface area contributed by atoms with Crippen LogP contribution in [0.3, 0.4) is 0 Å². The third-order valence-electron chi connectivity index (χ3n) is 5.03. The van der Waals surface area contributed by atoms with Gasteiger partial charge in [0.25, 0.3) is 0 Å². The Morgan fingerprint density at radius 3 is 2.52 bits per heavy atom. The molecule has 1 aromatic heterocycles. The minimum absolute atomic E-state index is 0. The maximum absolute atomic E-state index is 12.7. The van der Waals surface area contributed by atoms with Crippen LogP contribution < -0.4 is 11.1 Å². The second kappa shape index (κ2) is 12.0. The molecule has 1 aliphatic rings. The van der Waals surface area contributed by atoms with E-state index in [2.05, 4.69) is 21.5 Å². The van der Waals surface area contributed by atoms with E-state index in [1.165, 1.54) is 19.2 Å². The van der Waals surface area contributed by atoms with Crippen molar-refractivity contribution in [1.29, 1.82) is 0 Å². The van der Waals surface area contributed by atoms with Crippen LogP contribution >= 0.6 is 24.8 Å². The first-order valence-corrected chi connectivity index (χ1v) is 9.16. The Bertz CT molecular complexity index is 680. The average molecular weight is 414 g/mol. The number of halogens is 2. The molecule has 0 radical (unpaired) electrons. The molecule has 8 heteroatoms. The highest BCUT2D eigenvalue weighted by molar-refractivity contribution is 5.85. The van der Waals surface area contributed by atoms with Crippen molar-refractivity contribution in [3.63, 3.8) is 0 Å². The van der Waals surface area contributed by atoms with Crippen LogP contribution in [0.15, 0.2) is 36.9 Å². The van der Waals surface area contributed by atoms with Crippen LogP contribution in [0.4, 0.5) is 0 Å². The topological polar surface area (TPSA) is 85.8 Å². The number of benzene rings is 1. The molecule has 2 unspecified atom stereocenters. The number of rotatable bonds is 5. The summed E-state index contributed by atoms with van der Waals surface area (Å²) in [5, 5.41) is 7.26. The third-order valence-corrected chi connectivity index (χ3v) is 5.03. The van der Waals surface area contributed by atoms with Gasteiger partial charge in [0, 0.05) is 12.6 Å². The van der Waals surface area contributed by atoms with Gasteiger partial charge in [-0.05, 0) is 24.0 Å². The van der Waals surface area contributed by atoms with Crippen molar-refractivity contribution in [2.75, 3.05) is 0 Å². The minimum Gasteiger partial charge on any atom is -0.352 e. The maximum Gasteiger partial charge on any atom is 0.224 e. The lowest BCUT2D eigenvalue weighted by atomic mass is 9.86. The van der Waals surface area contributed by atoms with Crippen LogP contribution in [-0.4, -0.2) is 26.7 Å². The molecule has 1 aliphatic carbocycles. The minimum atomic E-state index is -0.0669. The van der Waals surface area contributed by atoms with Crippen molar-refractivity contribution in [1.82, 2.24) is 20.1 Å². The van der Waals surface area contributed by atoms with Crippen LogP contribution in [0.1, 0.15) is 49.7 Å². The molecule has 2 aromatic rings. The van der Waals surface area contributed by atoms with Gasteiger partial charge in [0.2, 0.25) is 5.91 Å². The molecule has 3 rings (SSSR count). The molecule has 0 saturated heterocycles. The largest absolute Gasteiger partial charge is 0.352 e. The highest BCUT2D eigenvalue weighted by atomic mass is 35.5. The molecule has 2 atom stereocenters. The summed E-state index contributed by atoms with van der Waals surface area (Å²) in [5.41, 5.74) is 8.50. The van der Waals surface area contributed by atoms with Crippen molar-refractivity contribution in [3.8, 4) is 0 Å². The molecule has 6 nitrogen and oxygen atoms in total. The number of carbonyl (C=O) groups is 1. The molecule has 1 aromatic carbocycles. The van der Waals surface area contributed by atoms with E-state index < -0.39 is 0 Å². The SMILES string of the molecule is Cl.Cl.NC1CCCCCCC1C(=O)NCc1ccccc1Cn1cncn1. The van der Waals surface area contributed by atoms with Gasteiger partial charge in [-0.15, -0.1) is 24.8 Å². The first-order chi connectivity index (χ1) is 12.2. The fourth-order valence-corrected chi connectivity index (χ4v) is 3.53. The summed E-state index contributed by atoms with van der Waals surface area (Å²) >= 11 is 0. The summed E-state index contributed by atoms with van der Waals surface area (Å²) in [6.07, 6.45) is 9.73. The average Bonchev–Trinajstić information content (AvgIpc) is 3.10. The Hall–Kier alpha value is -1.63. The third kappa shape index (κ3) is 6.79. The molecule has 150 valence electrons. The number of nitrogens with one attached hydrogen (secondary N) is 1. The number of nitrogens with two attached hydrogens (primary N) is 1. The first kappa shape index (κ1) is 23.4. The normalized spacial score (nSPS) is 19.7. The molecule has 27 heavy (non-hydrogen) atoms. The molecular weight excluding hydrogens is 385 g/mol. The Balaban J connectivity index is 0.00000182. The lowest BCUT2D eigenvalue weighted by molar-refractivity contribution is -0.126. The summed E-state index contributed by atoms with van der Waals surface area (Å²) in [7, 11) is 0. The first-order valence-electron chi connectivity index (χ1n) is 9.16. The summed E-state index contributed by atoms with van der Waals surface area (Å²) in [6, 6.07) is 8.08. The second-order valence-electron chi connectivity index (χ2n) is 6.84. The molecule has 0 bridgehead atoms. The number of carbonyl (C=O) groups excluding carboxylic acids is 1. The van der Waals surface area contributed by atoms with E-state index in [1.54, 1.807) is 11.0 Å². The van der Waals surface area contributed by atoms with E-state index >= 15 is 0 Å². The summed E-state index contributed by atoms with van der Waals surface area (Å²) in [5.74, 6) is 0.0211. The number of amides is 1. The van der Waals surface area contributed by atoms with E-state index in [4.69, 9.17) is 5.73 Å². The Labute approximate surface area is 173 Å². The van der Waals surface area contributed by atoms with Crippen molar-refractivity contribution in [2.24, 2.45) is 11.7 Å². The quantitative estimate of drug-likeness (QED) is 0.788. The van der Waals surface area contributed by atoms with E-state index in [9.17, 15) is 4.79 Å². The summed E-state index contributed by atoms with van der Waals surface area (Å²) < 4.78 is 1.78. The predicted octanol–water partition coefficient (Wildman–Crippen LogP) is 3.08.